The highest BCUT2D eigenvalue weighted by atomic mass is 16.5. The summed E-state index contributed by atoms with van der Waals surface area (Å²) in [6, 6.07) is 1.43. The van der Waals surface area contributed by atoms with Crippen molar-refractivity contribution >= 4 is 5.97 Å². The quantitative estimate of drug-likeness (QED) is 0.709. The summed E-state index contributed by atoms with van der Waals surface area (Å²) in [5.74, 6) is -0.115. The first-order chi connectivity index (χ1) is 6.72. The topological polar surface area (TPSA) is 68.7 Å². The summed E-state index contributed by atoms with van der Waals surface area (Å²) in [6.45, 7) is -0.183. The first-order valence-electron chi connectivity index (χ1n) is 3.95. The Morgan fingerprint density at radius 3 is 2.79 bits per heavy atom. The maximum atomic E-state index is 11.1. The summed E-state index contributed by atoms with van der Waals surface area (Å²) in [4.78, 5) is 14.9. The van der Waals surface area contributed by atoms with Gasteiger partial charge in [0.25, 0.3) is 0 Å². The molecule has 0 radical (unpaired) electrons. The summed E-state index contributed by atoms with van der Waals surface area (Å²) in [7, 11) is 2.73. The zero-order chi connectivity index (χ0) is 10.6. The highest BCUT2D eigenvalue weighted by Gasteiger charge is 2.11. The van der Waals surface area contributed by atoms with Gasteiger partial charge in [-0.25, -0.2) is 9.78 Å². The van der Waals surface area contributed by atoms with Gasteiger partial charge in [-0.1, -0.05) is 0 Å². The Bertz CT molecular complexity index is 338. The van der Waals surface area contributed by atoms with Crippen LogP contribution in [0.4, 0.5) is 0 Å². The molecule has 0 aliphatic rings. The van der Waals surface area contributed by atoms with Crippen LogP contribution in [0.15, 0.2) is 12.3 Å². The Balaban J connectivity index is 3.07. The van der Waals surface area contributed by atoms with Crippen molar-refractivity contribution in [3.05, 3.63) is 23.5 Å². The minimum Gasteiger partial charge on any atom is -0.496 e. The van der Waals surface area contributed by atoms with E-state index in [1.165, 1.54) is 26.5 Å². The van der Waals surface area contributed by atoms with Crippen LogP contribution in [0, 0.1) is 0 Å². The molecular formula is C9H11NO4. The van der Waals surface area contributed by atoms with Gasteiger partial charge in [0.15, 0.2) is 5.69 Å². The number of nitrogens with zero attached hydrogens (tertiary/aromatic N) is 1. The van der Waals surface area contributed by atoms with Gasteiger partial charge in [0.2, 0.25) is 0 Å². The van der Waals surface area contributed by atoms with Gasteiger partial charge in [0.1, 0.15) is 5.75 Å². The Labute approximate surface area is 81.3 Å². The van der Waals surface area contributed by atoms with Crippen LogP contribution in [-0.4, -0.2) is 30.3 Å². The molecule has 1 heterocycles. The number of carbonyl (C=O) groups is 1. The van der Waals surface area contributed by atoms with Crippen LogP contribution in [0.3, 0.4) is 0 Å². The minimum absolute atomic E-state index is 0.154. The number of rotatable bonds is 3. The number of ether oxygens (including phenoxy) is 2. The monoisotopic (exact) mass is 197 g/mol. The van der Waals surface area contributed by atoms with Crippen LogP contribution >= 0.6 is 0 Å². The summed E-state index contributed by atoms with van der Waals surface area (Å²) < 4.78 is 9.45. The van der Waals surface area contributed by atoms with Crippen molar-refractivity contribution in [2.45, 2.75) is 6.61 Å². The van der Waals surface area contributed by atoms with Crippen molar-refractivity contribution < 1.29 is 19.4 Å². The van der Waals surface area contributed by atoms with Crippen LogP contribution in [0.1, 0.15) is 16.1 Å². The zero-order valence-electron chi connectivity index (χ0n) is 7.98. The molecule has 0 spiro atoms. The van der Waals surface area contributed by atoms with Gasteiger partial charge in [-0.05, 0) is 0 Å². The van der Waals surface area contributed by atoms with E-state index in [-0.39, 0.29) is 12.3 Å². The van der Waals surface area contributed by atoms with E-state index >= 15 is 0 Å². The van der Waals surface area contributed by atoms with Gasteiger partial charge in [0.05, 0.1) is 20.8 Å². The highest BCUT2D eigenvalue weighted by molar-refractivity contribution is 5.87. The lowest BCUT2D eigenvalue weighted by Gasteiger charge is -2.06. The van der Waals surface area contributed by atoms with Gasteiger partial charge < -0.3 is 14.6 Å². The van der Waals surface area contributed by atoms with E-state index in [2.05, 4.69) is 9.72 Å². The van der Waals surface area contributed by atoms with Crippen LogP contribution in [0.25, 0.3) is 0 Å². The molecule has 76 valence electrons. The Morgan fingerprint density at radius 1 is 1.57 bits per heavy atom. The van der Waals surface area contributed by atoms with Crippen LogP contribution in [-0.2, 0) is 11.3 Å². The maximum Gasteiger partial charge on any atom is 0.356 e. The lowest BCUT2D eigenvalue weighted by atomic mass is 10.2. The van der Waals surface area contributed by atoms with Crippen molar-refractivity contribution in [2.75, 3.05) is 14.2 Å². The smallest absolute Gasteiger partial charge is 0.356 e. The fourth-order valence-electron chi connectivity index (χ4n) is 0.990. The second-order valence-electron chi connectivity index (χ2n) is 2.53. The van der Waals surface area contributed by atoms with Crippen molar-refractivity contribution in [1.82, 2.24) is 4.98 Å². The largest absolute Gasteiger partial charge is 0.496 e. The van der Waals surface area contributed by atoms with E-state index in [0.29, 0.717) is 11.3 Å². The van der Waals surface area contributed by atoms with Crippen LogP contribution < -0.4 is 4.74 Å². The van der Waals surface area contributed by atoms with E-state index in [0.717, 1.165) is 0 Å². The Morgan fingerprint density at radius 2 is 2.29 bits per heavy atom. The Kier molecular flexibility index (Phi) is 3.41. The summed E-state index contributed by atoms with van der Waals surface area (Å²) in [6.07, 6.45) is 1.38. The molecule has 0 fully saturated rings. The fourth-order valence-corrected chi connectivity index (χ4v) is 0.990. The van der Waals surface area contributed by atoms with E-state index in [4.69, 9.17) is 9.84 Å². The van der Waals surface area contributed by atoms with E-state index in [9.17, 15) is 4.79 Å². The summed E-state index contributed by atoms with van der Waals surface area (Å²) in [5, 5.41) is 8.90. The molecule has 1 N–H and O–H groups in total. The molecule has 0 saturated heterocycles. The lowest BCUT2D eigenvalue weighted by Crippen LogP contribution is -2.05. The Hall–Kier alpha value is -1.62. The molecule has 5 heteroatoms. The predicted molar refractivity (Wildman–Crippen MR) is 48.1 cm³/mol. The first-order valence-corrected chi connectivity index (χ1v) is 3.95. The fraction of sp³-hybridized carbons (Fsp3) is 0.333. The lowest BCUT2D eigenvalue weighted by molar-refractivity contribution is 0.0593. The third-order valence-electron chi connectivity index (χ3n) is 1.73. The van der Waals surface area contributed by atoms with E-state index < -0.39 is 5.97 Å². The van der Waals surface area contributed by atoms with E-state index in [1.54, 1.807) is 0 Å². The third kappa shape index (κ3) is 2.00. The molecule has 0 atom stereocenters. The molecule has 0 amide bonds. The molecule has 1 aromatic rings. The van der Waals surface area contributed by atoms with Crippen molar-refractivity contribution in [2.24, 2.45) is 0 Å². The number of carbonyl (C=O) groups excluding carboxylic acids is 1. The summed E-state index contributed by atoms with van der Waals surface area (Å²) in [5.41, 5.74) is 0.682. The highest BCUT2D eigenvalue weighted by Crippen LogP contribution is 2.18. The zero-order valence-corrected chi connectivity index (χ0v) is 7.98. The van der Waals surface area contributed by atoms with Crippen molar-refractivity contribution in [3.8, 4) is 5.75 Å². The molecule has 1 aromatic heterocycles. The van der Waals surface area contributed by atoms with Gasteiger partial charge in [-0.2, -0.15) is 0 Å². The first kappa shape index (κ1) is 10.5. The number of aromatic nitrogens is 1. The third-order valence-corrected chi connectivity index (χ3v) is 1.73. The SMILES string of the molecule is COC(=O)c1cc(OC)c(CO)cn1. The van der Waals surface area contributed by atoms with Crippen LogP contribution in [0.2, 0.25) is 0 Å². The molecule has 0 aliphatic heterocycles. The number of pyridine rings is 1. The molecule has 0 aliphatic carbocycles. The maximum absolute atomic E-state index is 11.1. The van der Waals surface area contributed by atoms with E-state index in [1.807, 2.05) is 0 Å². The predicted octanol–water partition coefficient (Wildman–Crippen LogP) is 0.369. The van der Waals surface area contributed by atoms with Crippen LogP contribution in [0.5, 0.6) is 5.75 Å². The molecular weight excluding hydrogens is 186 g/mol. The number of hydrogen-bond acceptors (Lipinski definition) is 5. The standard InChI is InChI=1S/C9H11NO4/c1-13-8-3-7(9(12)14-2)10-4-6(8)5-11/h3-4,11H,5H2,1-2H3. The number of esters is 1. The molecule has 5 nitrogen and oxygen atoms in total. The number of methoxy groups -OCH3 is 2. The van der Waals surface area contributed by atoms with Crippen molar-refractivity contribution in [3.63, 3.8) is 0 Å². The van der Waals surface area contributed by atoms with Gasteiger partial charge in [-0.15, -0.1) is 0 Å². The normalized spacial score (nSPS) is 9.64. The minimum atomic E-state index is -0.534. The molecule has 0 aromatic carbocycles. The van der Waals surface area contributed by atoms with Crippen molar-refractivity contribution in [1.29, 1.82) is 0 Å². The molecule has 0 saturated carbocycles. The van der Waals surface area contributed by atoms with Gasteiger partial charge in [-0.3, -0.25) is 0 Å². The summed E-state index contributed by atoms with van der Waals surface area (Å²) >= 11 is 0. The second-order valence-corrected chi connectivity index (χ2v) is 2.53. The van der Waals surface area contributed by atoms with Gasteiger partial charge >= 0.3 is 5.97 Å². The number of aliphatic hydroxyl groups excluding tert-OH is 1. The van der Waals surface area contributed by atoms with Gasteiger partial charge in [0, 0.05) is 17.8 Å². The molecule has 14 heavy (non-hydrogen) atoms. The second kappa shape index (κ2) is 4.57. The molecule has 0 unspecified atom stereocenters. The number of aliphatic hydroxyl groups is 1. The number of hydrogen-bond donors (Lipinski definition) is 1. The molecule has 0 bridgehead atoms. The molecule has 1 rings (SSSR count). The average molecular weight is 197 g/mol. The average Bonchev–Trinajstić information content (AvgIpc) is 2.26.